The molecule has 2 aromatic carbocycles. The first-order valence-corrected chi connectivity index (χ1v) is 7.12. The van der Waals surface area contributed by atoms with Gasteiger partial charge in [0.1, 0.15) is 12.4 Å². The highest BCUT2D eigenvalue weighted by Gasteiger charge is 2.13. The summed E-state index contributed by atoms with van der Waals surface area (Å²) in [5.74, 6) is -0.354. The summed E-state index contributed by atoms with van der Waals surface area (Å²) in [5, 5.41) is 0.353. The number of benzene rings is 2. The highest BCUT2D eigenvalue weighted by Crippen LogP contribution is 2.30. The number of carbonyl (C=O) groups is 1. The molecule has 2 N–H and O–H groups in total. The molecule has 0 bridgehead atoms. The van der Waals surface area contributed by atoms with E-state index in [0.717, 1.165) is 0 Å². The van der Waals surface area contributed by atoms with Crippen LogP contribution in [0.25, 0.3) is 0 Å². The molecular formula is C16H14ClF2NO4. The Morgan fingerprint density at radius 2 is 1.88 bits per heavy atom. The van der Waals surface area contributed by atoms with E-state index < -0.39 is 12.5 Å². The van der Waals surface area contributed by atoms with Gasteiger partial charge in [0.25, 0.3) is 5.91 Å². The van der Waals surface area contributed by atoms with Crippen molar-refractivity contribution in [2.45, 2.75) is 13.2 Å². The van der Waals surface area contributed by atoms with Crippen molar-refractivity contribution in [1.29, 1.82) is 0 Å². The Kier molecular flexibility index (Phi) is 5.81. The van der Waals surface area contributed by atoms with Gasteiger partial charge in [-0.05, 0) is 35.9 Å². The summed E-state index contributed by atoms with van der Waals surface area (Å²) in [6.07, 6.45) is 0. The number of carbonyl (C=O) groups excluding carboxylic acids is 1. The molecule has 0 aliphatic rings. The highest BCUT2D eigenvalue weighted by atomic mass is 35.5. The molecule has 5 nitrogen and oxygen atoms in total. The molecule has 24 heavy (non-hydrogen) atoms. The minimum Gasteiger partial charge on any atom is -0.493 e. The van der Waals surface area contributed by atoms with Crippen molar-refractivity contribution in [3.05, 3.63) is 52.5 Å². The fourth-order valence-corrected chi connectivity index (χ4v) is 2.15. The van der Waals surface area contributed by atoms with Crippen molar-refractivity contribution < 1.29 is 27.8 Å². The number of methoxy groups -OCH3 is 1. The molecule has 0 unspecified atom stereocenters. The van der Waals surface area contributed by atoms with Crippen LogP contribution < -0.4 is 19.9 Å². The summed E-state index contributed by atoms with van der Waals surface area (Å²) in [7, 11) is 1.34. The molecule has 1 amide bonds. The van der Waals surface area contributed by atoms with E-state index in [1.54, 1.807) is 12.1 Å². The zero-order valence-corrected chi connectivity index (χ0v) is 13.3. The van der Waals surface area contributed by atoms with E-state index >= 15 is 0 Å². The quantitative estimate of drug-likeness (QED) is 0.821. The standard InChI is InChI=1S/C16H14ClF2NO4/c1-22-14-6-9(2-4-13(14)24-16(18)19)8-23-12-5-3-10(17)7-11(12)15(20)21/h2-7,16H,8H2,1H3,(H2,20,21). The average Bonchev–Trinajstić information content (AvgIpc) is 2.54. The predicted octanol–water partition coefficient (Wildman–Crippen LogP) is 3.63. The van der Waals surface area contributed by atoms with E-state index in [9.17, 15) is 13.6 Å². The Balaban J connectivity index is 2.16. The summed E-state index contributed by atoms with van der Waals surface area (Å²) in [6, 6.07) is 8.87. The van der Waals surface area contributed by atoms with Gasteiger partial charge in [0, 0.05) is 5.02 Å². The number of halogens is 3. The maximum absolute atomic E-state index is 12.3. The fraction of sp³-hybridized carbons (Fsp3) is 0.188. The van der Waals surface area contributed by atoms with Gasteiger partial charge in [-0.3, -0.25) is 4.79 Å². The molecule has 0 heterocycles. The topological polar surface area (TPSA) is 70.8 Å². The van der Waals surface area contributed by atoms with Crippen molar-refractivity contribution in [2.24, 2.45) is 5.73 Å². The lowest BCUT2D eigenvalue weighted by Crippen LogP contribution is -2.13. The molecule has 2 rings (SSSR count). The number of primary amides is 1. The highest BCUT2D eigenvalue weighted by molar-refractivity contribution is 6.31. The molecule has 0 saturated carbocycles. The number of hydrogen-bond donors (Lipinski definition) is 1. The molecule has 0 radical (unpaired) electrons. The van der Waals surface area contributed by atoms with E-state index in [-0.39, 0.29) is 29.4 Å². The smallest absolute Gasteiger partial charge is 0.387 e. The molecule has 0 fully saturated rings. The normalized spacial score (nSPS) is 10.5. The molecule has 128 valence electrons. The van der Waals surface area contributed by atoms with Gasteiger partial charge < -0.3 is 19.9 Å². The minimum atomic E-state index is -2.95. The summed E-state index contributed by atoms with van der Waals surface area (Å²) >= 11 is 5.82. The van der Waals surface area contributed by atoms with E-state index in [2.05, 4.69) is 4.74 Å². The molecule has 0 spiro atoms. The molecular weight excluding hydrogens is 344 g/mol. The monoisotopic (exact) mass is 357 g/mol. The zero-order valence-electron chi connectivity index (χ0n) is 12.6. The van der Waals surface area contributed by atoms with Crippen LogP contribution in [0.1, 0.15) is 15.9 Å². The first-order valence-electron chi connectivity index (χ1n) is 6.74. The van der Waals surface area contributed by atoms with Crippen LogP contribution in [-0.4, -0.2) is 19.6 Å². The number of rotatable bonds is 7. The fourth-order valence-electron chi connectivity index (χ4n) is 1.98. The van der Waals surface area contributed by atoms with E-state index in [1.165, 1.54) is 31.4 Å². The van der Waals surface area contributed by atoms with Crippen molar-refractivity contribution in [3.63, 3.8) is 0 Å². The Labute approximate surface area is 141 Å². The third-order valence-corrected chi connectivity index (χ3v) is 3.28. The van der Waals surface area contributed by atoms with Crippen molar-refractivity contribution >= 4 is 17.5 Å². The first kappa shape index (κ1) is 17.8. The summed E-state index contributed by atoms with van der Waals surface area (Å²) < 4.78 is 39.5. The Bertz CT molecular complexity index is 740. The van der Waals surface area contributed by atoms with Gasteiger partial charge in [0.2, 0.25) is 0 Å². The number of alkyl halides is 2. The van der Waals surface area contributed by atoms with Gasteiger partial charge in [-0.1, -0.05) is 17.7 Å². The summed E-state index contributed by atoms with van der Waals surface area (Å²) in [4.78, 5) is 11.4. The molecule has 2 aromatic rings. The summed E-state index contributed by atoms with van der Waals surface area (Å²) in [6.45, 7) is -2.89. The van der Waals surface area contributed by atoms with Crippen LogP contribution in [0, 0.1) is 0 Å². The van der Waals surface area contributed by atoms with Gasteiger partial charge in [0.05, 0.1) is 12.7 Å². The number of nitrogens with two attached hydrogens (primary N) is 1. The largest absolute Gasteiger partial charge is 0.493 e. The second-order valence-corrected chi connectivity index (χ2v) is 5.09. The summed E-state index contributed by atoms with van der Waals surface area (Å²) in [5.41, 5.74) is 6.05. The third kappa shape index (κ3) is 4.48. The first-order chi connectivity index (χ1) is 11.4. The Morgan fingerprint density at radius 1 is 1.17 bits per heavy atom. The minimum absolute atomic E-state index is 0.0627. The average molecular weight is 358 g/mol. The molecule has 0 aliphatic heterocycles. The number of hydrogen-bond acceptors (Lipinski definition) is 4. The van der Waals surface area contributed by atoms with Crippen LogP contribution in [0.15, 0.2) is 36.4 Å². The molecule has 8 heteroatoms. The number of amides is 1. The van der Waals surface area contributed by atoms with Crippen LogP contribution in [0.4, 0.5) is 8.78 Å². The second-order valence-electron chi connectivity index (χ2n) is 4.66. The van der Waals surface area contributed by atoms with Crippen LogP contribution >= 0.6 is 11.6 Å². The molecule has 0 atom stereocenters. The maximum atomic E-state index is 12.3. The van der Waals surface area contributed by atoms with E-state index in [4.69, 9.17) is 26.8 Å². The van der Waals surface area contributed by atoms with Crippen LogP contribution in [-0.2, 0) is 6.61 Å². The molecule has 0 aromatic heterocycles. The van der Waals surface area contributed by atoms with Gasteiger partial charge in [-0.15, -0.1) is 0 Å². The van der Waals surface area contributed by atoms with Crippen LogP contribution in [0.5, 0.6) is 17.2 Å². The predicted molar refractivity (Wildman–Crippen MR) is 83.9 cm³/mol. The Morgan fingerprint density at radius 3 is 2.50 bits per heavy atom. The van der Waals surface area contributed by atoms with Gasteiger partial charge in [-0.2, -0.15) is 8.78 Å². The van der Waals surface area contributed by atoms with Gasteiger partial charge in [0.15, 0.2) is 11.5 Å². The second kappa shape index (κ2) is 7.83. The third-order valence-electron chi connectivity index (χ3n) is 3.05. The SMILES string of the molecule is COc1cc(COc2ccc(Cl)cc2C(N)=O)ccc1OC(F)F. The van der Waals surface area contributed by atoms with Crippen molar-refractivity contribution in [3.8, 4) is 17.2 Å². The van der Waals surface area contributed by atoms with Crippen molar-refractivity contribution in [2.75, 3.05) is 7.11 Å². The van der Waals surface area contributed by atoms with Gasteiger partial charge in [-0.25, -0.2) is 0 Å². The molecule has 0 aliphatic carbocycles. The maximum Gasteiger partial charge on any atom is 0.387 e. The lowest BCUT2D eigenvalue weighted by atomic mass is 10.2. The Hall–Kier alpha value is -2.54. The molecule has 0 saturated heterocycles. The lowest BCUT2D eigenvalue weighted by molar-refractivity contribution is -0.0512. The zero-order chi connectivity index (χ0) is 17.7. The van der Waals surface area contributed by atoms with E-state index in [0.29, 0.717) is 10.6 Å². The number of ether oxygens (including phenoxy) is 3. The van der Waals surface area contributed by atoms with Gasteiger partial charge >= 0.3 is 6.61 Å². The van der Waals surface area contributed by atoms with Crippen LogP contribution in [0.2, 0.25) is 5.02 Å². The van der Waals surface area contributed by atoms with Crippen LogP contribution in [0.3, 0.4) is 0 Å². The van der Waals surface area contributed by atoms with E-state index in [1.807, 2.05) is 0 Å². The lowest BCUT2D eigenvalue weighted by Gasteiger charge is -2.13. The van der Waals surface area contributed by atoms with Crippen molar-refractivity contribution in [1.82, 2.24) is 0 Å².